The molecule has 0 saturated heterocycles. The van der Waals surface area contributed by atoms with Gasteiger partial charge in [0, 0.05) is 3.57 Å². The first-order valence-electron chi connectivity index (χ1n) is 6.33. The van der Waals surface area contributed by atoms with Gasteiger partial charge in [-0.05, 0) is 65.9 Å². The van der Waals surface area contributed by atoms with Crippen molar-refractivity contribution in [3.05, 3.63) is 57.6 Å². The van der Waals surface area contributed by atoms with Crippen molar-refractivity contribution in [3.8, 4) is 0 Å². The molecule has 2 rings (SSSR count). The van der Waals surface area contributed by atoms with Gasteiger partial charge in [-0.3, -0.25) is 4.79 Å². The number of carbonyl (C=O) groups is 2. The Morgan fingerprint density at radius 1 is 1.29 bits per heavy atom. The number of amides is 1. The monoisotopic (exact) mass is 399 g/mol. The second-order valence-corrected chi connectivity index (χ2v) is 5.60. The third-order valence-corrected chi connectivity index (χ3v) is 3.47. The molecule has 2 aromatic rings. The average Bonchev–Trinajstić information content (AvgIpc) is 2.98. The normalized spacial score (nSPS) is 11.7. The molecule has 0 aliphatic carbocycles. The summed E-state index contributed by atoms with van der Waals surface area (Å²) in [5.74, 6) is -0.253. The summed E-state index contributed by atoms with van der Waals surface area (Å²) in [4.78, 5) is 23.7. The zero-order valence-corrected chi connectivity index (χ0v) is 13.5. The summed E-state index contributed by atoms with van der Waals surface area (Å²) in [6, 6.07) is 10.4. The van der Waals surface area contributed by atoms with E-state index >= 15 is 0 Å². The summed E-state index contributed by atoms with van der Waals surface area (Å²) >= 11 is 2.15. The van der Waals surface area contributed by atoms with Crippen LogP contribution in [-0.2, 0) is 16.1 Å². The summed E-state index contributed by atoms with van der Waals surface area (Å²) in [5, 5.41) is 2.64. The molecule has 1 N–H and O–H groups in total. The highest BCUT2D eigenvalue weighted by Gasteiger charge is 2.18. The van der Waals surface area contributed by atoms with Crippen LogP contribution in [0.1, 0.15) is 23.0 Å². The number of rotatable bonds is 5. The van der Waals surface area contributed by atoms with E-state index in [0.717, 1.165) is 3.57 Å². The van der Waals surface area contributed by atoms with Gasteiger partial charge in [-0.2, -0.15) is 0 Å². The number of hydrogen-bond acceptors (Lipinski definition) is 4. The lowest BCUT2D eigenvalue weighted by Gasteiger charge is -2.13. The van der Waals surface area contributed by atoms with Crippen molar-refractivity contribution in [1.29, 1.82) is 0 Å². The van der Waals surface area contributed by atoms with Crippen molar-refractivity contribution in [3.63, 3.8) is 0 Å². The molecule has 0 aliphatic rings. The quantitative estimate of drug-likeness (QED) is 0.620. The highest BCUT2D eigenvalue weighted by Crippen LogP contribution is 2.09. The Morgan fingerprint density at radius 2 is 2.00 bits per heavy atom. The minimum atomic E-state index is -0.869. The van der Waals surface area contributed by atoms with E-state index in [1.165, 1.54) is 13.2 Å². The van der Waals surface area contributed by atoms with Gasteiger partial charge in [0.15, 0.2) is 6.10 Å². The van der Waals surface area contributed by atoms with Crippen LogP contribution in [0.15, 0.2) is 47.1 Å². The zero-order chi connectivity index (χ0) is 15.2. The Kier molecular flexibility index (Phi) is 5.38. The van der Waals surface area contributed by atoms with Crippen LogP contribution in [0, 0.1) is 3.57 Å². The highest BCUT2D eigenvalue weighted by atomic mass is 127. The summed E-state index contributed by atoms with van der Waals surface area (Å²) in [7, 11) is 0. The molecule has 110 valence electrons. The van der Waals surface area contributed by atoms with Crippen LogP contribution in [-0.4, -0.2) is 18.0 Å². The van der Waals surface area contributed by atoms with E-state index in [2.05, 4.69) is 27.9 Å². The predicted molar refractivity (Wildman–Crippen MR) is 84.6 cm³/mol. The Bertz CT molecular complexity index is 607. The average molecular weight is 399 g/mol. The van der Waals surface area contributed by atoms with E-state index < -0.39 is 12.1 Å². The molecule has 0 saturated carbocycles. The molecule has 1 aromatic heterocycles. The molecule has 0 fully saturated rings. The number of nitrogens with one attached hydrogen (secondary N) is 1. The topological polar surface area (TPSA) is 68.5 Å². The molecule has 21 heavy (non-hydrogen) atoms. The van der Waals surface area contributed by atoms with Crippen molar-refractivity contribution in [1.82, 2.24) is 5.32 Å². The van der Waals surface area contributed by atoms with Gasteiger partial charge in [0.2, 0.25) is 0 Å². The molecule has 1 atom stereocenters. The summed E-state index contributed by atoms with van der Waals surface area (Å²) in [6.45, 7) is 1.79. The third-order valence-electron chi connectivity index (χ3n) is 2.75. The van der Waals surface area contributed by atoms with Gasteiger partial charge in [0.05, 0.1) is 18.4 Å². The van der Waals surface area contributed by atoms with Crippen LogP contribution in [0.2, 0.25) is 0 Å². The van der Waals surface area contributed by atoms with Gasteiger partial charge in [-0.15, -0.1) is 0 Å². The number of hydrogen-bond donors (Lipinski definition) is 1. The summed E-state index contributed by atoms with van der Waals surface area (Å²) in [6.07, 6.45) is 0.661. The van der Waals surface area contributed by atoms with Crippen molar-refractivity contribution >= 4 is 34.5 Å². The lowest BCUT2D eigenvalue weighted by molar-refractivity contribution is -0.129. The van der Waals surface area contributed by atoms with Crippen LogP contribution >= 0.6 is 22.6 Å². The number of furan rings is 1. The van der Waals surface area contributed by atoms with Gasteiger partial charge in [0.25, 0.3) is 5.91 Å². The van der Waals surface area contributed by atoms with Gasteiger partial charge in [0.1, 0.15) is 5.76 Å². The standard InChI is InChI=1S/C15H14INO4/c1-10(14(18)17-9-13-3-2-8-20-13)21-15(19)11-4-6-12(16)7-5-11/h2-8,10H,9H2,1H3,(H,17,18)/t10-/m1/s1. The lowest BCUT2D eigenvalue weighted by Crippen LogP contribution is -2.35. The van der Waals surface area contributed by atoms with E-state index in [1.54, 1.807) is 36.4 Å². The molecule has 6 heteroatoms. The molecule has 0 unspecified atom stereocenters. The summed E-state index contributed by atoms with van der Waals surface area (Å²) in [5.41, 5.74) is 0.418. The minimum absolute atomic E-state index is 0.261. The van der Waals surface area contributed by atoms with E-state index in [1.807, 2.05) is 0 Å². The van der Waals surface area contributed by atoms with Gasteiger partial charge >= 0.3 is 5.97 Å². The maximum Gasteiger partial charge on any atom is 0.338 e. The molecular weight excluding hydrogens is 385 g/mol. The molecule has 0 bridgehead atoms. The van der Waals surface area contributed by atoms with Crippen molar-refractivity contribution in [2.45, 2.75) is 19.6 Å². The summed E-state index contributed by atoms with van der Waals surface area (Å²) < 4.78 is 11.2. The van der Waals surface area contributed by atoms with Crippen molar-refractivity contribution in [2.24, 2.45) is 0 Å². The maximum atomic E-state index is 11.9. The van der Waals surface area contributed by atoms with Gasteiger partial charge in [-0.25, -0.2) is 4.79 Å². The fourth-order valence-electron chi connectivity index (χ4n) is 1.60. The van der Waals surface area contributed by atoms with Crippen LogP contribution in [0.4, 0.5) is 0 Å². The number of esters is 1. The smallest absolute Gasteiger partial charge is 0.338 e. The molecule has 0 aliphatic heterocycles. The van der Waals surface area contributed by atoms with Gasteiger partial charge in [-0.1, -0.05) is 0 Å². The van der Waals surface area contributed by atoms with E-state index in [-0.39, 0.29) is 12.5 Å². The number of benzene rings is 1. The van der Waals surface area contributed by atoms with E-state index in [0.29, 0.717) is 11.3 Å². The Hall–Kier alpha value is -1.83. The number of halogens is 1. The Labute approximate surface area is 135 Å². The van der Waals surface area contributed by atoms with Crippen LogP contribution in [0.5, 0.6) is 0 Å². The molecule has 5 nitrogen and oxygen atoms in total. The number of ether oxygens (including phenoxy) is 1. The molecule has 1 amide bonds. The molecule has 1 aromatic carbocycles. The zero-order valence-electron chi connectivity index (χ0n) is 11.3. The largest absolute Gasteiger partial charge is 0.467 e. The first-order valence-corrected chi connectivity index (χ1v) is 7.41. The Balaban J connectivity index is 1.85. The first kappa shape index (κ1) is 15.6. The van der Waals surface area contributed by atoms with Crippen LogP contribution in [0.3, 0.4) is 0 Å². The molecule has 0 spiro atoms. The van der Waals surface area contributed by atoms with E-state index in [9.17, 15) is 9.59 Å². The van der Waals surface area contributed by atoms with Crippen molar-refractivity contribution in [2.75, 3.05) is 0 Å². The number of carbonyl (C=O) groups excluding carboxylic acids is 2. The molecule has 1 heterocycles. The SMILES string of the molecule is C[C@@H](OC(=O)c1ccc(I)cc1)C(=O)NCc1ccco1. The Morgan fingerprint density at radius 3 is 2.62 bits per heavy atom. The second-order valence-electron chi connectivity index (χ2n) is 4.35. The van der Waals surface area contributed by atoms with Crippen LogP contribution < -0.4 is 5.32 Å². The molecular formula is C15H14INO4. The van der Waals surface area contributed by atoms with Crippen LogP contribution in [0.25, 0.3) is 0 Å². The second kappa shape index (κ2) is 7.26. The van der Waals surface area contributed by atoms with Crippen molar-refractivity contribution < 1.29 is 18.7 Å². The maximum absolute atomic E-state index is 11.9. The minimum Gasteiger partial charge on any atom is -0.467 e. The highest BCUT2D eigenvalue weighted by molar-refractivity contribution is 14.1. The fraction of sp³-hybridized carbons (Fsp3) is 0.200. The van der Waals surface area contributed by atoms with E-state index in [4.69, 9.17) is 9.15 Å². The third kappa shape index (κ3) is 4.59. The lowest BCUT2D eigenvalue weighted by atomic mass is 10.2. The fourth-order valence-corrected chi connectivity index (χ4v) is 1.96. The first-order chi connectivity index (χ1) is 10.1. The molecule has 0 radical (unpaired) electrons. The van der Waals surface area contributed by atoms with Gasteiger partial charge < -0.3 is 14.5 Å². The predicted octanol–water partition coefficient (Wildman–Crippen LogP) is 2.75.